The average Bonchev–Trinajstić information content (AvgIpc) is 3.83. The Kier molecular flexibility index (Phi) is 23.8. The lowest BCUT2D eigenvalue weighted by atomic mass is 10.00. The number of H-pyrrole nitrogens is 1. The quantitative estimate of drug-likeness (QED) is 0.0222. The van der Waals surface area contributed by atoms with Gasteiger partial charge < -0.3 is 63.9 Å². The van der Waals surface area contributed by atoms with Crippen molar-refractivity contribution in [1.29, 1.82) is 0 Å². The molecule has 0 aliphatic rings. The molecule has 0 saturated carbocycles. The van der Waals surface area contributed by atoms with Crippen LogP contribution in [-0.4, -0.2) is 135 Å². The van der Waals surface area contributed by atoms with Gasteiger partial charge in [-0.05, 0) is 61.1 Å². The number of fused-ring (bicyclic) bond motifs is 1. The number of aromatic amines is 1. The smallest absolute Gasteiger partial charge is 0.327 e. The lowest BCUT2D eigenvalue weighted by Crippen LogP contribution is -2.62. The Morgan fingerprint density at radius 2 is 0.921 bits per heavy atom. The first-order valence-corrected chi connectivity index (χ1v) is 26.2. The fourth-order valence-electron chi connectivity index (χ4n) is 8.23. The van der Waals surface area contributed by atoms with Gasteiger partial charge in [-0.1, -0.05) is 109 Å². The van der Waals surface area contributed by atoms with E-state index in [1.54, 1.807) is 97.2 Å². The van der Waals surface area contributed by atoms with Gasteiger partial charge in [0.25, 0.3) is 0 Å². The molecule has 22 heteroatoms. The minimum Gasteiger partial charge on any atom is -0.480 e. The minimum atomic E-state index is -1.69. The van der Waals surface area contributed by atoms with Crippen molar-refractivity contribution in [2.75, 3.05) is 18.1 Å². The van der Waals surface area contributed by atoms with Crippen LogP contribution in [0.4, 0.5) is 0 Å². The molecular weight excluding hydrogens is 1010 g/mol. The minimum absolute atomic E-state index is 0.00124. The number of rotatable bonds is 30. The van der Waals surface area contributed by atoms with E-state index in [0.717, 1.165) is 10.9 Å². The number of carbonyl (C=O) groups is 8. The van der Waals surface area contributed by atoms with Crippen LogP contribution in [0.15, 0.2) is 121 Å². The fourth-order valence-corrected chi connectivity index (χ4v) is 8.64. The molecule has 4 aromatic carbocycles. The van der Waals surface area contributed by atoms with Crippen molar-refractivity contribution in [3.05, 3.63) is 144 Å². The molecule has 76 heavy (non-hydrogen) atoms. The Bertz CT molecular complexity index is 2720. The summed E-state index contributed by atoms with van der Waals surface area (Å²) in [5.74, 6) is -7.29. The predicted molar refractivity (Wildman–Crippen MR) is 294 cm³/mol. The monoisotopic (exact) mass is 1080 g/mol. The molecule has 0 fully saturated rings. The summed E-state index contributed by atoms with van der Waals surface area (Å²) in [4.78, 5) is 114. The second-order valence-electron chi connectivity index (χ2n) is 18.3. The Morgan fingerprint density at radius 1 is 0.513 bits per heavy atom. The fraction of sp³-hybridized carbons (Fsp3) is 0.370. The summed E-state index contributed by atoms with van der Waals surface area (Å²) < 4.78 is 0. The molecule has 7 amide bonds. The highest BCUT2D eigenvalue weighted by Gasteiger charge is 2.36. The number of aliphatic carboxylic acids is 1. The van der Waals surface area contributed by atoms with Crippen LogP contribution >= 0.6 is 25.3 Å². The van der Waals surface area contributed by atoms with Crippen molar-refractivity contribution in [2.24, 2.45) is 11.5 Å². The summed E-state index contributed by atoms with van der Waals surface area (Å²) in [7, 11) is 0. The van der Waals surface area contributed by atoms with Gasteiger partial charge in [0, 0.05) is 54.3 Å². The van der Waals surface area contributed by atoms with E-state index in [0.29, 0.717) is 35.1 Å². The molecule has 5 aromatic rings. The van der Waals surface area contributed by atoms with E-state index in [2.05, 4.69) is 67.5 Å². The van der Waals surface area contributed by atoms with Gasteiger partial charge in [0.05, 0.1) is 12.1 Å². The molecule has 1 aromatic heterocycles. The zero-order valence-corrected chi connectivity index (χ0v) is 43.8. The molecule has 0 bridgehead atoms. The molecular formula is C54H68N10O10S2. The highest BCUT2D eigenvalue weighted by Crippen LogP contribution is 2.20. The number of para-hydroxylation sites is 1. The lowest BCUT2D eigenvalue weighted by Gasteiger charge is -2.29. The molecule has 0 unspecified atom stereocenters. The van der Waals surface area contributed by atoms with Crippen molar-refractivity contribution in [3.63, 3.8) is 0 Å². The van der Waals surface area contributed by atoms with Crippen LogP contribution in [0.5, 0.6) is 0 Å². The van der Waals surface area contributed by atoms with E-state index in [1.807, 2.05) is 24.3 Å². The molecule has 5 rings (SSSR count). The van der Waals surface area contributed by atoms with Crippen LogP contribution in [0.2, 0.25) is 0 Å². The summed E-state index contributed by atoms with van der Waals surface area (Å²) in [6.07, 6.45) is 0.676. The highest BCUT2D eigenvalue weighted by molar-refractivity contribution is 7.80. The maximum atomic E-state index is 14.8. The van der Waals surface area contributed by atoms with Gasteiger partial charge >= 0.3 is 5.97 Å². The molecule has 0 saturated heterocycles. The van der Waals surface area contributed by atoms with Crippen LogP contribution < -0.4 is 48.7 Å². The molecule has 0 aliphatic heterocycles. The number of benzene rings is 4. The maximum absolute atomic E-state index is 14.8. The van der Waals surface area contributed by atoms with E-state index in [9.17, 15) is 48.6 Å². The Hall–Kier alpha value is -7.24. The molecule has 406 valence electrons. The predicted octanol–water partition coefficient (Wildman–Crippen LogP) is 0.613. The number of nitrogens with two attached hydrogens (primary N) is 2. The van der Waals surface area contributed by atoms with Gasteiger partial charge in [-0.25, -0.2) is 4.79 Å². The van der Waals surface area contributed by atoms with Crippen LogP contribution in [0.25, 0.3) is 10.9 Å². The number of aromatic nitrogens is 1. The summed E-state index contributed by atoms with van der Waals surface area (Å²) in [5.41, 5.74) is 15.1. The van der Waals surface area contributed by atoms with Crippen molar-refractivity contribution in [1.82, 2.24) is 42.2 Å². The standard InChI is InChI=1S/C54H68N10O10S2/c1-32(65)46(53(72)62-43(27-35-19-9-4-10-20-35)51(70)63-45(31-76)54(73)74)64-48(67)40(23-13-14-24-55)58-52(71)44(28-36-29-57-39-22-12-11-21-37(36)39)61-50(69)42(26-34-17-7-3-8-18-34)60-49(68)41(59-47(66)38(56)30-75)25-33-15-5-2-6-16-33/h2-12,15-22,29,32,38,40-46,57,65,75-76H,13-14,23-28,30-31,55-56H2,1H3,(H,58,71)(H,59,66)(H,60,68)(H,61,69)(H,62,72)(H,63,70)(H,64,67)(H,73,74)/t32-,38+,40+,41+,42+,43+,44-,45-,46+/m1/s1. The van der Waals surface area contributed by atoms with E-state index in [1.165, 1.54) is 6.92 Å². The highest BCUT2D eigenvalue weighted by atomic mass is 32.1. The van der Waals surface area contributed by atoms with Gasteiger partial charge in [-0.3, -0.25) is 33.6 Å². The van der Waals surface area contributed by atoms with Gasteiger partial charge in [0.15, 0.2) is 0 Å². The summed E-state index contributed by atoms with van der Waals surface area (Å²) in [6.45, 7) is 1.49. The number of carbonyl (C=O) groups excluding carboxylic acids is 7. The van der Waals surface area contributed by atoms with Crippen LogP contribution in [0, 0.1) is 0 Å². The van der Waals surface area contributed by atoms with Gasteiger partial charge in [0.2, 0.25) is 41.4 Å². The third-order valence-corrected chi connectivity index (χ3v) is 13.2. The second-order valence-corrected chi connectivity index (χ2v) is 19.1. The zero-order valence-electron chi connectivity index (χ0n) is 42.0. The average molecular weight is 1080 g/mol. The third kappa shape index (κ3) is 18.3. The van der Waals surface area contributed by atoms with Crippen LogP contribution in [-0.2, 0) is 64.0 Å². The van der Waals surface area contributed by atoms with Crippen molar-refractivity contribution < 1.29 is 48.6 Å². The van der Waals surface area contributed by atoms with Gasteiger partial charge in [-0.15, -0.1) is 0 Å². The number of amides is 7. The lowest BCUT2D eigenvalue weighted by molar-refractivity contribution is -0.141. The van der Waals surface area contributed by atoms with Crippen molar-refractivity contribution >= 4 is 83.5 Å². The topological polar surface area (TPSA) is 329 Å². The van der Waals surface area contributed by atoms with Crippen molar-refractivity contribution in [3.8, 4) is 0 Å². The number of carboxylic acids is 1. The van der Waals surface area contributed by atoms with Crippen LogP contribution in [0.1, 0.15) is 48.4 Å². The van der Waals surface area contributed by atoms with Gasteiger partial charge in [0.1, 0.15) is 42.3 Å². The van der Waals surface area contributed by atoms with Crippen molar-refractivity contribution in [2.45, 2.75) is 106 Å². The molecule has 0 spiro atoms. The zero-order chi connectivity index (χ0) is 55.1. The second kappa shape index (κ2) is 30.3. The van der Waals surface area contributed by atoms with E-state index < -0.39 is 102 Å². The van der Waals surface area contributed by atoms with E-state index >= 15 is 0 Å². The number of aliphatic hydroxyl groups excluding tert-OH is 1. The first-order valence-electron chi connectivity index (χ1n) is 24.9. The Balaban J connectivity index is 1.44. The Labute approximate surface area is 451 Å². The summed E-state index contributed by atoms with van der Waals surface area (Å²) >= 11 is 8.16. The molecule has 20 nitrogen and oxygen atoms in total. The number of hydrogen-bond acceptors (Lipinski definition) is 13. The largest absolute Gasteiger partial charge is 0.480 e. The van der Waals surface area contributed by atoms with Gasteiger partial charge in [-0.2, -0.15) is 25.3 Å². The third-order valence-electron chi connectivity index (χ3n) is 12.5. The summed E-state index contributed by atoms with van der Waals surface area (Å²) in [5, 5.41) is 39.8. The maximum Gasteiger partial charge on any atom is 0.327 e. The van der Waals surface area contributed by atoms with E-state index in [-0.39, 0.29) is 50.2 Å². The molecule has 14 N–H and O–H groups in total. The number of hydrogen-bond donors (Lipinski definition) is 14. The first kappa shape index (κ1) is 59.6. The molecule has 1 heterocycles. The Morgan fingerprint density at radius 3 is 1.37 bits per heavy atom. The normalized spacial score (nSPS) is 14.7. The number of aliphatic hydroxyl groups is 1. The molecule has 0 radical (unpaired) electrons. The number of unbranched alkanes of at least 4 members (excludes halogenated alkanes) is 1. The first-order chi connectivity index (χ1) is 36.5. The summed E-state index contributed by atoms with van der Waals surface area (Å²) in [6, 6.07) is 22.9. The van der Waals surface area contributed by atoms with E-state index in [4.69, 9.17) is 11.5 Å². The molecule has 9 atom stereocenters. The number of nitrogens with one attached hydrogen (secondary N) is 8. The number of thiol groups is 2. The van der Waals surface area contributed by atoms with Crippen LogP contribution in [0.3, 0.4) is 0 Å². The number of carboxylic acid groups (broad SMARTS) is 1. The SMILES string of the molecule is C[C@@H](O)[C@H](NC(=O)[C@H](CCCCN)NC(=O)[C@@H](Cc1c[nH]c2ccccc12)NC(=O)[C@H](Cc1ccccc1)NC(=O)[C@H](Cc1ccccc1)NC(=O)[C@@H](N)CS)C(=O)N[C@@H](Cc1ccccc1)C(=O)N[C@H](CS)C(=O)O. The molecule has 0 aliphatic carbocycles.